The third-order valence-electron chi connectivity index (χ3n) is 4.79. The van der Waals surface area contributed by atoms with Crippen molar-refractivity contribution in [3.8, 4) is 0 Å². The highest BCUT2D eigenvalue weighted by Gasteiger charge is 2.82. The number of thioether (sulfide) groups is 1. The maximum atomic E-state index is 12.8. The molecular formula is C13H15NO5S. The van der Waals surface area contributed by atoms with Gasteiger partial charge in [-0.05, 0) is 25.0 Å². The fourth-order valence-electron chi connectivity index (χ4n) is 4.14. The van der Waals surface area contributed by atoms with E-state index in [4.69, 9.17) is 9.47 Å². The van der Waals surface area contributed by atoms with E-state index in [9.17, 15) is 14.4 Å². The molecule has 4 atom stereocenters. The van der Waals surface area contributed by atoms with E-state index in [0.29, 0.717) is 18.7 Å². The van der Waals surface area contributed by atoms with Crippen molar-refractivity contribution in [3.05, 3.63) is 0 Å². The van der Waals surface area contributed by atoms with Crippen LogP contribution in [0.4, 0.5) is 0 Å². The molecule has 1 spiro atoms. The normalized spacial score (nSPS) is 45.6. The number of hydrogen-bond acceptors (Lipinski definition) is 6. The second kappa shape index (κ2) is 3.76. The van der Waals surface area contributed by atoms with Gasteiger partial charge in [-0.1, -0.05) is 6.92 Å². The predicted octanol–water partition coefficient (Wildman–Crippen LogP) is 0.504. The zero-order valence-electron chi connectivity index (χ0n) is 11.1. The van der Waals surface area contributed by atoms with Gasteiger partial charge in [0.15, 0.2) is 5.72 Å². The molecule has 4 heterocycles. The molecule has 7 heteroatoms. The highest BCUT2D eigenvalue weighted by atomic mass is 32.2. The number of carbonyl (C=O) groups excluding carboxylic acids is 3. The van der Waals surface area contributed by atoms with Crippen LogP contribution in [0.15, 0.2) is 0 Å². The third-order valence-corrected chi connectivity index (χ3v) is 6.02. The van der Waals surface area contributed by atoms with E-state index in [0.717, 1.165) is 12.8 Å². The molecule has 2 bridgehead atoms. The molecule has 0 aromatic carbocycles. The first-order valence-corrected chi connectivity index (χ1v) is 7.97. The fraction of sp³-hybridized carbons (Fsp3) is 0.769. The van der Waals surface area contributed by atoms with Gasteiger partial charge in [0.2, 0.25) is 4.93 Å². The number of amides is 1. The largest absolute Gasteiger partial charge is 0.392 e. The molecule has 0 aromatic rings. The SMILES string of the molecule is CCSC12OC3(CCCCN3C1=O)C1C(=O)OC(=O)C12. The van der Waals surface area contributed by atoms with Crippen molar-refractivity contribution in [1.29, 1.82) is 0 Å². The molecular weight excluding hydrogens is 282 g/mol. The van der Waals surface area contributed by atoms with E-state index in [-0.39, 0.29) is 5.91 Å². The Kier molecular flexibility index (Phi) is 2.38. The Labute approximate surface area is 120 Å². The van der Waals surface area contributed by atoms with Gasteiger partial charge in [0, 0.05) is 6.54 Å². The summed E-state index contributed by atoms with van der Waals surface area (Å²) in [7, 11) is 0. The van der Waals surface area contributed by atoms with E-state index >= 15 is 0 Å². The molecule has 4 unspecified atom stereocenters. The second-order valence-electron chi connectivity index (χ2n) is 5.66. The van der Waals surface area contributed by atoms with Crippen LogP contribution in [0.3, 0.4) is 0 Å². The topological polar surface area (TPSA) is 72.9 Å². The minimum Gasteiger partial charge on any atom is -0.392 e. The first-order chi connectivity index (χ1) is 9.57. The lowest BCUT2D eigenvalue weighted by molar-refractivity contribution is -0.168. The first kappa shape index (κ1) is 12.6. The molecule has 4 aliphatic heterocycles. The Morgan fingerprint density at radius 3 is 2.75 bits per heavy atom. The molecule has 4 rings (SSSR count). The van der Waals surface area contributed by atoms with Gasteiger partial charge in [-0.2, -0.15) is 0 Å². The monoisotopic (exact) mass is 297 g/mol. The maximum absolute atomic E-state index is 12.8. The summed E-state index contributed by atoms with van der Waals surface area (Å²) >= 11 is 1.31. The summed E-state index contributed by atoms with van der Waals surface area (Å²) in [5.41, 5.74) is -0.939. The Morgan fingerprint density at radius 1 is 1.25 bits per heavy atom. The van der Waals surface area contributed by atoms with Crippen LogP contribution in [0.25, 0.3) is 0 Å². The van der Waals surface area contributed by atoms with Crippen molar-refractivity contribution in [2.45, 2.75) is 36.8 Å². The van der Waals surface area contributed by atoms with Crippen molar-refractivity contribution in [2.24, 2.45) is 11.8 Å². The van der Waals surface area contributed by atoms with Crippen LogP contribution in [0.5, 0.6) is 0 Å². The lowest BCUT2D eigenvalue weighted by Crippen LogP contribution is -2.61. The molecule has 0 aliphatic carbocycles. The molecule has 0 radical (unpaired) electrons. The second-order valence-corrected chi connectivity index (χ2v) is 7.13. The van der Waals surface area contributed by atoms with Gasteiger partial charge in [0.25, 0.3) is 5.91 Å². The lowest BCUT2D eigenvalue weighted by Gasteiger charge is -2.43. The molecule has 1 amide bonds. The number of ether oxygens (including phenoxy) is 2. The summed E-state index contributed by atoms with van der Waals surface area (Å²) < 4.78 is 11.0. The predicted molar refractivity (Wildman–Crippen MR) is 68.3 cm³/mol. The number of rotatable bonds is 2. The zero-order valence-corrected chi connectivity index (χ0v) is 11.9. The summed E-state index contributed by atoms with van der Waals surface area (Å²) in [5.74, 6) is -2.07. The lowest BCUT2D eigenvalue weighted by atomic mass is 9.76. The van der Waals surface area contributed by atoms with E-state index in [2.05, 4.69) is 0 Å². The third kappa shape index (κ3) is 1.16. The van der Waals surface area contributed by atoms with Crippen LogP contribution in [-0.2, 0) is 23.9 Å². The maximum Gasteiger partial charge on any atom is 0.322 e. The van der Waals surface area contributed by atoms with Crippen LogP contribution in [0.2, 0.25) is 0 Å². The smallest absolute Gasteiger partial charge is 0.322 e. The van der Waals surface area contributed by atoms with Crippen LogP contribution in [0.1, 0.15) is 26.2 Å². The molecule has 4 fully saturated rings. The van der Waals surface area contributed by atoms with Crippen LogP contribution >= 0.6 is 11.8 Å². The zero-order chi connectivity index (χ0) is 14.1. The molecule has 0 N–H and O–H groups in total. The summed E-state index contributed by atoms with van der Waals surface area (Å²) in [6.07, 6.45) is 2.40. The van der Waals surface area contributed by atoms with Gasteiger partial charge < -0.3 is 14.4 Å². The van der Waals surface area contributed by atoms with Gasteiger partial charge in [0.05, 0.1) is 0 Å². The van der Waals surface area contributed by atoms with Gasteiger partial charge in [-0.15, -0.1) is 11.8 Å². The number of nitrogens with zero attached hydrogens (tertiary/aromatic N) is 1. The molecule has 6 nitrogen and oxygen atoms in total. The van der Waals surface area contributed by atoms with Crippen LogP contribution < -0.4 is 0 Å². The molecule has 4 saturated heterocycles. The average Bonchev–Trinajstić information content (AvgIpc) is 2.96. The molecule has 0 aromatic heterocycles. The van der Waals surface area contributed by atoms with Crippen LogP contribution in [-0.4, -0.2) is 45.7 Å². The van der Waals surface area contributed by atoms with Gasteiger partial charge in [-0.3, -0.25) is 14.4 Å². The van der Waals surface area contributed by atoms with Crippen molar-refractivity contribution >= 4 is 29.6 Å². The Hall–Kier alpha value is -1.08. The van der Waals surface area contributed by atoms with Gasteiger partial charge in [-0.25, -0.2) is 0 Å². The Bertz CT molecular complexity index is 537. The summed E-state index contributed by atoms with van der Waals surface area (Å²) in [5, 5.41) is 0. The quantitative estimate of drug-likeness (QED) is 0.546. The Balaban J connectivity index is 1.89. The fourth-order valence-corrected chi connectivity index (χ4v) is 5.42. The highest BCUT2D eigenvalue weighted by molar-refractivity contribution is 8.01. The van der Waals surface area contributed by atoms with Crippen molar-refractivity contribution in [2.75, 3.05) is 12.3 Å². The average molecular weight is 297 g/mol. The number of hydrogen-bond donors (Lipinski definition) is 0. The summed E-state index contributed by atoms with van der Waals surface area (Å²) in [6, 6.07) is 0. The molecule has 20 heavy (non-hydrogen) atoms. The molecule has 0 saturated carbocycles. The van der Waals surface area contributed by atoms with Crippen molar-refractivity contribution in [3.63, 3.8) is 0 Å². The van der Waals surface area contributed by atoms with Crippen molar-refractivity contribution in [1.82, 2.24) is 4.90 Å². The number of carbonyl (C=O) groups is 3. The van der Waals surface area contributed by atoms with Crippen molar-refractivity contribution < 1.29 is 23.9 Å². The van der Waals surface area contributed by atoms with Crippen LogP contribution in [0, 0.1) is 11.8 Å². The Morgan fingerprint density at radius 2 is 2.00 bits per heavy atom. The number of piperidine rings is 2. The molecule has 4 aliphatic rings. The molecule has 108 valence electrons. The number of fused-ring (bicyclic) bond motifs is 3. The highest BCUT2D eigenvalue weighted by Crippen LogP contribution is 2.64. The summed E-state index contributed by atoms with van der Waals surface area (Å²) in [6.45, 7) is 2.50. The first-order valence-electron chi connectivity index (χ1n) is 6.98. The van der Waals surface area contributed by atoms with E-state index in [1.807, 2.05) is 6.92 Å². The number of esters is 2. The minimum absolute atomic E-state index is 0.156. The standard InChI is InChI=1S/C13H15NO5S/c1-2-20-13-8-7(9(15)18-10(8)16)12(19-13)5-3-4-6-14(12)11(13)17/h7-8H,2-6H2,1H3. The van der Waals surface area contributed by atoms with E-state index in [1.54, 1.807) is 4.90 Å². The summed E-state index contributed by atoms with van der Waals surface area (Å²) in [4.78, 5) is 37.3. The number of cyclic esters (lactones) is 2. The minimum atomic E-state index is -1.24. The van der Waals surface area contributed by atoms with E-state index in [1.165, 1.54) is 11.8 Å². The van der Waals surface area contributed by atoms with E-state index < -0.39 is 34.4 Å². The van der Waals surface area contributed by atoms with Gasteiger partial charge in [0.1, 0.15) is 11.8 Å². The van der Waals surface area contributed by atoms with Gasteiger partial charge >= 0.3 is 11.9 Å².